The van der Waals surface area contributed by atoms with Crippen LogP contribution in [0, 0.1) is 0 Å². The lowest BCUT2D eigenvalue weighted by molar-refractivity contribution is -0.120. The molecular weight excluding hydrogens is 326 g/mol. The van der Waals surface area contributed by atoms with Crippen molar-refractivity contribution in [3.8, 4) is 0 Å². The van der Waals surface area contributed by atoms with E-state index >= 15 is 0 Å². The number of carbonyl (C=O) groups excluding carboxylic acids is 1. The van der Waals surface area contributed by atoms with Crippen LogP contribution in [0.15, 0.2) is 48.5 Å². The zero-order valence-electron chi connectivity index (χ0n) is 13.3. The first-order valence-electron chi connectivity index (χ1n) is 7.84. The Hall–Kier alpha value is -1.45. The summed E-state index contributed by atoms with van der Waals surface area (Å²) in [7, 11) is 0. The van der Waals surface area contributed by atoms with Gasteiger partial charge in [-0.25, -0.2) is 0 Å². The normalized spacial score (nSPS) is 10.5. The first-order chi connectivity index (χ1) is 11.2. The summed E-state index contributed by atoms with van der Waals surface area (Å²) in [6, 6.07) is 16.2. The molecule has 0 aliphatic rings. The summed E-state index contributed by atoms with van der Waals surface area (Å²) in [4.78, 5) is 11.9. The lowest BCUT2D eigenvalue weighted by atomic mass is 10.1. The van der Waals surface area contributed by atoms with Crippen LogP contribution in [0.2, 0.25) is 5.02 Å². The summed E-state index contributed by atoms with van der Waals surface area (Å²) >= 11 is 7.70. The van der Waals surface area contributed by atoms with Gasteiger partial charge in [-0.05, 0) is 35.2 Å². The highest BCUT2D eigenvalue weighted by Gasteiger charge is 2.02. The molecule has 0 aliphatic carbocycles. The zero-order valence-corrected chi connectivity index (χ0v) is 14.9. The van der Waals surface area contributed by atoms with Crippen molar-refractivity contribution in [1.29, 1.82) is 0 Å². The predicted molar refractivity (Wildman–Crippen MR) is 99.9 cm³/mol. The highest BCUT2D eigenvalue weighted by molar-refractivity contribution is 7.98. The topological polar surface area (TPSA) is 29.1 Å². The van der Waals surface area contributed by atoms with Gasteiger partial charge in [0.15, 0.2) is 0 Å². The van der Waals surface area contributed by atoms with Crippen LogP contribution in [0.5, 0.6) is 0 Å². The van der Waals surface area contributed by atoms with E-state index in [1.54, 1.807) is 11.8 Å². The largest absolute Gasteiger partial charge is 0.352 e. The van der Waals surface area contributed by atoms with Crippen molar-refractivity contribution in [1.82, 2.24) is 5.32 Å². The molecule has 2 nitrogen and oxygen atoms in total. The lowest BCUT2D eigenvalue weighted by Gasteiger charge is -2.06. The van der Waals surface area contributed by atoms with E-state index in [0.29, 0.717) is 13.0 Å². The molecule has 23 heavy (non-hydrogen) atoms. The van der Waals surface area contributed by atoms with Gasteiger partial charge in [0.25, 0.3) is 0 Å². The van der Waals surface area contributed by atoms with Gasteiger partial charge in [0, 0.05) is 29.5 Å². The van der Waals surface area contributed by atoms with Crippen LogP contribution in [0.4, 0.5) is 0 Å². The molecule has 2 aromatic carbocycles. The molecule has 0 fully saturated rings. The van der Waals surface area contributed by atoms with Crippen LogP contribution in [-0.4, -0.2) is 11.7 Å². The Balaban J connectivity index is 1.63. The van der Waals surface area contributed by atoms with Gasteiger partial charge in [0.2, 0.25) is 5.91 Å². The molecule has 0 heterocycles. The Labute approximate surface area is 147 Å². The van der Waals surface area contributed by atoms with Gasteiger partial charge in [-0.1, -0.05) is 54.9 Å². The summed E-state index contributed by atoms with van der Waals surface area (Å²) in [5.41, 5.74) is 3.65. The second kappa shape index (κ2) is 9.64. The second-order valence-corrected chi connectivity index (χ2v) is 6.92. The minimum absolute atomic E-state index is 0.100. The van der Waals surface area contributed by atoms with Crippen LogP contribution in [0.1, 0.15) is 30.0 Å². The molecule has 2 rings (SSSR count). The highest BCUT2D eigenvalue weighted by atomic mass is 35.5. The van der Waals surface area contributed by atoms with Gasteiger partial charge in [-0.3, -0.25) is 4.79 Å². The third kappa shape index (κ3) is 6.67. The van der Waals surface area contributed by atoms with E-state index in [-0.39, 0.29) is 5.91 Å². The number of thioether (sulfide) groups is 1. The van der Waals surface area contributed by atoms with E-state index in [4.69, 9.17) is 11.6 Å². The van der Waals surface area contributed by atoms with Crippen LogP contribution in [-0.2, 0) is 23.5 Å². The predicted octanol–water partition coefficient (Wildman–Crippen LogP) is 4.84. The quantitative estimate of drug-likeness (QED) is 0.692. The second-order valence-electron chi connectivity index (χ2n) is 5.38. The molecule has 0 bridgehead atoms. The van der Waals surface area contributed by atoms with Crippen LogP contribution >= 0.6 is 23.4 Å². The standard InChI is InChI=1S/C19H22ClNOS/c1-2-15-6-8-16(9-7-15)13-21-19(22)10-11-23-14-17-4-3-5-18(20)12-17/h3-9,12H,2,10-11,13-14H2,1H3,(H,21,22). The molecule has 0 saturated heterocycles. The van der Waals surface area contributed by atoms with Crippen molar-refractivity contribution in [3.63, 3.8) is 0 Å². The van der Waals surface area contributed by atoms with E-state index in [1.165, 1.54) is 11.1 Å². The van der Waals surface area contributed by atoms with Gasteiger partial charge < -0.3 is 5.32 Å². The minimum Gasteiger partial charge on any atom is -0.352 e. The van der Waals surface area contributed by atoms with Crippen molar-refractivity contribution in [2.24, 2.45) is 0 Å². The van der Waals surface area contributed by atoms with Crippen LogP contribution in [0.3, 0.4) is 0 Å². The summed E-state index contributed by atoms with van der Waals surface area (Å²) in [6.45, 7) is 2.74. The monoisotopic (exact) mass is 347 g/mol. The zero-order chi connectivity index (χ0) is 16.5. The average molecular weight is 348 g/mol. The van der Waals surface area contributed by atoms with E-state index in [1.807, 2.05) is 18.2 Å². The maximum Gasteiger partial charge on any atom is 0.221 e. The Kier molecular flexibility index (Phi) is 7.50. The number of carbonyl (C=O) groups is 1. The summed E-state index contributed by atoms with van der Waals surface area (Å²) in [6.07, 6.45) is 1.58. The fourth-order valence-corrected chi connectivity index (χ4v) is 3.27. The molecule has 0 aromatic heterocycles. The first-order valence-corrected chi connectivity index (χ1v) is 9.37. The lowest BCUT2D eigenvalue weighted by Crippen LogP contribution is -2.23. The molecule has 0 aliphatic heterocycles. The number of aryl methyl sites for hydroxylation is 1. The van der Waals surface area contributed by atoms with E-state index in [9.17, 15) is 4.79 Å². The molecule has 1 amide bonds. The fourth-order valence-electron chi connectivity index (χ4n) is 2.16. The van der Waals surface area contributed by atoms with Gasteiger partial charge >= 0.3 is 0 Å². The summed E-state index contributed by atoms with van der Waals surface area (Å²) in [5.74, 6) is 1.79. The smallest absolute Gasteiger partial charge is 0.221 e. The van der Waals surface area contributed by atoms with E-state index in [0.717, 1.165) is 28.5 Å². The van der Waals surface area contributed by atoms with Crippen LogP contribution in [0.25, 0.3) is 0 Å². The van der Waals surface area contributed by atoms with Crippen molar-refractivity contribution < 1.29 is 4.79 Å². The molecule has 0 unspecified atom stereocenters. The SMILES string of the molecule is CCc1ccc(CNC(=O)CCSCc2cccc(Cl)c2)cc1. The number of hydrogen-bond donors (Lipinski definition) is 1. The number of halogens is 1. The molecule has 0 spiro atoms. The van der Waals surface area contributed by atoms with Crippen molar-refractivity contribution in [3.05, 3.63) is 70.2 Å². The van der Waals surface area contributed by atoms with Crippen LogP contribution < -0.4 is 5.32 Å². The average Bonchev–Trinajstić information content (AvgIpc) is 2.57. The molecule has 2 aromatic rings. The minimum atomic E-state index is 0.100. The Morgan fingerprint density at radius 1 is 1.09 bits per heavy atom. The van der Waals surface area contributed by atoms with E-state index in [2.05, 4.69) is 42.6 Å². The van der Waals surface area contributed by atoms with Crippen molar-refractivity contribution in [2.45, 2.75) is 32.1 Å². The molecule has 122 valence electrons. The van der Waals surface area contributed by atoms with Gasteiger partial charge in [-0.15, -0.1) is 0 Å². The summed E-state index contributed by atoms with van der Waals surface area (Å²) < 4.78 is 0. The number of benzene rings is 2. The molecule has 0 saturated carbocycles. The van der Waals surface area contributed by atoms with Crippen molar-refractivity contribution in [2.75, 3.05) is 5.75 Å². The summed E-state index contributed by atoms with van der Waals surface area (Å²) in [5, 5.41) is 3.73. The number of amides is 1. The highest BCUT2D eigenvalue weighted by Crippen LogP contribution is 2.17. The third-order valence-corrected chi connectivity index (χ3v) is 4.82. The number of nitrogens with one attached hydrogen (secondary N) is 1. The number of rotatable bonds is 8. The Morgan fingerprint density at radius 2 is 1.83 bits per heavy atom. The van der Waals surface area contributed by atoms with Crippen molar-refractivity contribution >= 4 is 29.3 Å². The first kappa shape index (κ1) is 17.9. The van der Waals surface area contributed by atoms with E-state index < -0.39 is 0 Å². The third-order valence-electron chi connectivity index (χ3n) is 3.55. The van der Waals surface area contributed by atoms with Gasteiger partial charge in [0.1, 0.15) is 0 Å². The number of hydrogen-bond acceptors (Lipinski definition) is 2. The maximum atomic E-state index is 11.9. The Morgan fingerprint density at radius 3 is 2.52 bits per heavy atom. The Bertz CT molecular complexity index is 628. The fraction of sp³-hybridized carbons (Fsp3) is 0.316. The maximum absolute atomic E-state index is 11.9. The molecular formula is C19H22ClNOS. The van der Waals surface area contributed by atoms with Gasteiger partial charge in [-0.2, -0.15) is 11.8 Å². The van der Waals surface area contributed by atoms with Gasteiger partial charge in [0.05, 0.1) is 0 Å². The molecule has 0 radical (unpaired) electrons. The molecule has 0 atom stereocenters. The molecule has 1 N–H and O–H groups in total. The molecule has 4 heteroatoms.